The van der Waals surface area contributed by atoms with Crippen LogP contribution in [0.4, 0.5) is 0 Å². The lowest BCUT2D eigenvalue weighted by Crippen LogP contribution is -2.36. The lowest BCUT2D eigenvalue weighted by Gasteiger charge is -2.20. The van der Waals surface area contributed by atoms with Gasteiger partial charge in [-0.3, -0.25) is 4.79 Å². The van der Waals surface area contributed by atoms with Crippen molar-refractivity contribution in [2.24, 2.45) is 5.92 Å². The van der Waals surface area contributed by atoms with Crippen LogP contribution >= 0.6 is 0 Å². The van der Waals surface area contributed by atoms with Gasteiger partial charge in [0.05, 0.1) is 5.75 Å². The Hall–Kier alpha value is -0.380. The van der Waals surface area contributed by atoms with Gasteiger partial charge in [-0.25, -0.2) is 8.42 Å². The van der Waals surface area contributed by atoms with Crippen LogP contribution in [0.2, 0.25) is 0 Å². The summed E-state index contributed by atoms with van der Waals surface area (Å²) in [7, 11) is -3.08. The van der Waals surface area contributed by atoms with Crippen molar-refractivity contribution >= 4 is 15.6 Å². The van der Waals surface area contributed by atoms with E-state index < -0.39 is 15.1 Å². The predicted molar refractivity (Wildman–Crippen MR) is 49.2 cm³/mol. The Bertz CT molecular complexity index is 314. The van der Waals surface area contributed by atoms with Gasteiger partial charge >= 0.3 is 0 Å². The number of hydrogen-bond donors (Lipinski definition) is 0. The van der Waals surface area contributed by atoms with E-state index in [9.17, 15) is 13.2 Å². The third kappa shape index (κ3) is 1.77. The molecule has 1 atom stereocenters. The maximum absolute atomic E-state index is 11.6. The molecule has 0 bridgehead atoms. The second kappa shape index (κ2) is 3.08. The van der Waals surface area contributed by atoms with E-state index in [1.807, 2.05) is 0 Å². The number of carbonyl (C=O) groups excluding carboxylic acids is 1. The summed E-state index contributed by atoms with van der Waals surface area (Å²) in [5.41, 5.74) is 0. The summed E-state index contributed by atoms with van der Waals surface area (Å²) in [4.78, 5) is 11.6. The summed E-state index contributed by atoms with van der Waals surface area (Å²) >= 11 is 0. The first kappa shape index (κ1) is 9.19. The predicted octanol–water partition coefficient (Wildman–Crippen LogP) is 0.933. The second-order valence-electron chi connectivity index (χ2n) is 4.03. The molecule has 0 aromatic rings. The lowest BCUT2D eigenvalue weighted by molar-refractivity contribution is -0.120. The topological polar surface area (TPSA) is 51.2 Å². The molecule has 0 radical (unpaired) electrons. The molecule has 13 heavy (non-hydrogen) atoms. The third-order valence-electron chi connectivity index (χ3n) is 2.88. The first-order valence-electron chi connectivity index (χ1n) is 4.86. The molecular formula is C9H14O3S. The number of carbonyl (C=O) groups is 1. The molecule has 1 unspecified atom stereocenters. The fourth-order valence-electron chi connectivity index (χ4n) is 1.90. The van der Waals surface area contributed by atoms with E-state index in [2.05, 4.69) is 0 Å². The van der Waals surface area contributed by atoms with E-state index in [0.717, 1.165) is 25.7 Å². The second-order valence-corrected chi connectivity index (χ2v) is 6.33. The largest absolute Gasteiger partial charge is 0.298 e. The first-order chi connectivity index (χ1) is 6.11. The Morgan fingerprint density at radius 3 is 2.31 bits per heavy atom. The maximum atomic E-state index is 11.6. The number of rotatable bonds is 2. The van der Waals surface area contributed by atoms with E-state index in [0.29, 0.717) is 6.42 Å². The minimum Gasteiger partial charge on any atom is -0.298 e. The van der Waals surface area contributed by atoms with Crippen LogP contribution in [0.15, 0.2) is 0 Å². The van der Waals surface area contributed by atoms with Crippen LogP contribution in [0.1, 0.15) is 32.1 Å². The Morgan fingerprint density at radius 2 is 1.77 bits per heavy atom. The SMILES string of the molecule is O=C(C1CC1)C1CCCCS1(=O)=O. The molecule has 0 spiro atoms. The highest BCUT2D eigenvalue weighted by Gasteiger charge is 2.41. The zero-order valence-electron chi connectivity index (χ0n) is 7.53. The molecule has 0 aromatic heterocycles. The fraction of sp³-hybridized carbons (Fsp3) is 0.889. The molecule has 2 rings (SSSR count). The van der Waals surface area contributed by atoms with E-state index in [-0.39, 0.29) is 17.5 Å². The Kier molecular flexibility index (Phi) is 2.18. The summed E-state index contributed by atoms with van der Waals surface area (Å²) in [5, 5.41) is -0.645. The number of Topliss-reactive ketones (excluding diaryl/α,β-unsaturated/α-hetero) is 1. The van der Waals surface area contributed by atoms with Gasteiger partial charge in [-0.2, -0.15) is 0 Å². The van der Waals surface area contributed by atoms with Gasteiger partial charge in [0.2, 0.25) is 0 Å². The summed E-state index contributed by atoms with van der Waals surface area (Å²) in [6.45, 7) is 0. The van der Waals surface area contributed by atoms with Crippen LogP contribution in [0, 0.1) is 5.92 Å². The molecule has 4 heteroatoms. The summed E-state index contributed by atoms with van der Waals surface area (Å²) in [6, 6.07) is 0. The molecule has 1 saturated heterocycles. The molecule has 3 nitrogen and oxygen atoms in total. The number of ketones is 1. The van der Waals surface area contributed by atoms with E-state index in [1.165, 1.54) is 0 Å². The van der Waals surface area contributed by atoms with E-state index >= 15 is 0 Å². The van der Waals surface area contributed by atoms with Gasteiger partial charge in [-0.05, 0) is 25.7 Å². The van der Waals surface area contributed by atoms with Gasteiger partial charge in [-0.15, -0.1) is 0 Å². The van der Waals surface area contributed by atoms with Crippen LogP contribution in [0.5, 0.6) is 0 Å². The third-order valence-corrected chi connectivity index (χ3v) is 5.07. The van der Waals surface area contributed by atoms with Crippen molar-refractivity contribution in [3.8, 4) is 0 Å². The van der Waals surface area contributed by atoms with E-state index in [4.69, 9.17) is 0 Å². The molecule has 2 fully saturated rings. The molecule has 1 aliphatic carbocycles. The molecule has 1 aliphatic heterocycles. The summed E-state index contributed by atoms with van der Waals surface area (Å²) < 4.78 is 23.1. The van der Waals surface area contributed by atoms with Crippen LogP contribution in [-0.4, -0.2) is 25.2 Å². The highest BCUT2D eigenvalue weighted by Crippen LogP contribution is 2.34. The maximum Gasteiger partial charge on any atom is 0.160 e. The van der Waals surface area contributed by atoms with Crippen LogP contribution in [0.3, 0.4) is 0 Å². The molecule has 0 aromatic carbocycles. The number of sulfone groups is 1. The molecular weight excluding hydrogens is 188 g/mol. The standard InChI is InChI=1S/C9H14O3S/c10-9(7-4-5-7)8-3-1-2-6-13(8,11)12/h7-8H,1-6H2. The monoisotopic (exact) mass is 202 g/mol. The van der Waals surface area contributed by atoms with Crippen molar-refractivity contribution in [3.05, 3.63) is 0 Å². The fourth-order valence-corrected chi connectivity index (χ4v) is 3.87. The number of hydrogen-bond acceptors (Lipinski definition) is 3. The Morgan fingerprint density at radius 1 is 1.08 bits per heavy atom. The normalized spacial score (nSPS) is 32.8. The van der Waals surface area contributed by atoms with E-state index in [1.54, 1.807) is 0 Å². The van der Waals surface area contributed by atoms with Crippen molar-refractivity contribution in [1.29, 1.82) is 0 Å². The zero-order valence-corrected chi connectivity index (χ0v) is 8.35. The molecule has 1 saturated carbocycles. The summed E-state index contributed by atoms with van der Waals surface area (Å²) in [6.07, 6.45) is 4.01. The average molecular weight is 202 g/mol. The van der Waals surface area contributed by atoms with Crippen molar-refractivity contribution < 1.29 is 13.2 Å². The molecule has 0 N–H and O–H groups in total. The zero-order chi connectivity index (χ0) is 9.47. The van der Waals surface area contributed by atoms with Crippen LogP contribution in [-0.2, 0) is 14.6 Å². The van der Waals surface area contributed by atoms with Crippen molar-refractivity contribution in [1.82, 2.24) is 0 Å². The minimum absolute atomic E-state index is 0.000278. The van der Waals surface area contributed by atoms with Gasteiger partial charge in [0.15, 0.2) is 15.6 Å². The van der Waals surface area contributed by atoms with Crippen molar-refractivity contribution in [3.63, 3.8) is 0 Å². The quantitative estimate of drug-likeness (QED) is 0.669. The van der Waals surface area contributed by atoms with Gasteiger partial charge in [0.1, 0.15) is 5.25 Å². The van der Waals surface area contributed by atoms with Crippen LogP contribution in [0.25, 0.3) is 0 Å². The highest BCUT2D eigenvalue weighted by atomic mass is 32.2. The summed E-state index contributed by atoms with van der Waals surface area (Å²) in [5.74, 6) is 0.299. The minimum atomic E-state index is -3.08. The average Bonchev–Trinajstić information content (AvgIpc) is 2.84. The molecule has 0 amide bonds. The van der Waals surface area contributed by atoms with Crippen molar-refractivity contribution in [2.75, 3.05) is 5.75 Å². The first-order valence-corrected chi connectivity index (χ1v) is 6.58. The molecule has 74 valence electrons. The van der Waals surface area contributed by atoms with Crippen molar-refractivity contribution in [2.45, 2.75) is 37.4 Å². The smallest absolute Gasteiger partial charge is 0.160 e. The van der Waals surface area contributed by atoms with Gasteiger partial charge in [0, 0.05) is 5.92 Å². The Balaban J connectivity index is 2.15. The molecule has 2 aliphatic rings. The lowest BCUT2D eigenvalue weighted by atomic mass is 10.1. The highest BCUT2D eigenvalue weighted by molar-refractivity contribution is 7.92. The van der Waals surface area contributed by atoms with Gasteiger partial charge in [0.25, 0.3) is 0 Å². The van der Waals surface area contributed by atoms with Crippen LogP contribution < -0.4 is 0 Å². The van der Waals surface area contributed by atoms with Gasteiger partial charge in [-0.1, -0.05) is 6.42 Å². The van der Waals surface area contributed by atoms with Gasteiger partial charge < -0.3 is 0 Å². The Labute approximate surface area is 78.4 Å². The molecule has 1 heterocycles.